The van der Waals surface area contributed by atoms with Gasteiger partial charge >= 0.3 is 0 Å². The zero-order valence-corrected chi connectivity index (χ0v) is 26.8. The number of carbonyl (C=O) groups is 4. The summed E-state index contributed by atoms with van der Waals surface area (Å²) in [5, 5.41) is 10.2. The standard InChI is InChI=1S/C31H43ClN4O7/c1-8-9-21(26(37)28(39)33-18-10-11-18)34-27(38)23-15-31(16-36(23)29(40)17(2)30(3,4)5)14-22(35-43-31)19-12-20(32)25(42-7)13-24(19)41-6/h12-13,17-18,21,23H,8-11,14-16H2,1-7H3,(H,33,39)(H,34,38)/t17-,21+,23+,31-/m1/s1. The van der Waals surface area contributed by atoms with Crippen LogP contribution in [0.25, 0.3) is 0 Å². The van der Waals surface area contributed by atoms with Crippen LogP contribution < -0.4 is 20.1 Å². The molecule has 1 aromatic carbocycles. The van der Waals surface area contributed by atoms with Crippen molar-refractivity contribution in [2.45, 2.75) is 96.9 Å². The van der Waals surface area contributed by atoms with Crippen molar-refractivity contribution >= 4 is 40.8 Å². The average Bonchev–Trinajstić information content (AvgIpc) is 3.56. The molecule has 1 spiro atoms. The van der Waals surface area contributed by atoms with Gasteiger partial charge in [-0.15, -0.1) is 0 Å². The fourth-order valence-corrected chi connectivity index (χ4v) is 5.69. The summed E-state index contributed by atoms with van der Waals surface area (Å²) in [6.45, 7) is 9.75. The van der Waals surface area contributed by atoms with Crippen molar-refractivity contribution in [2.24, 2.45) is 16.5 Å². The lowest BCUT2D eigenvalue weighted by Crippen LogP contribution is -2.54. The number of hydrogen-bond acceptors (Lipinski definition) is 8. The summed E-state index contributed by atoms with van der Waals surface area (Å²) in [5.41, 5.74) is -0.153. The molecule has 0 unspecified atom stereocenters. The Morgan fingerprint density at radius 3 is 2.42 bits per heavy atom. The molecule has 2 N–H and O–H groups in total. The third-order valence-corrected chi connectivity index (χ3v) is 8.92. The van der Waals surface area contributed by atoms with Gasteiger partial charge in [-0.2, -0.15) is 0 Å². The molecule has 0 radical (unpaired) electrons. The lowest BCUT2D eigenvalue weighted by atomic mass is 9.81. The molecule has 2 heterocycles. The summed E-state index contributed by atoms with van der Waals surface area (Å²) in [5.74, 6) is -1.53. The molecule has 3 amide bonds. The minimum Gasteiger partial charge on any atom is -0.496 e. The van der Waals surface area contributed by atoms with Crippen LogP contribution in [-0.2, 0) is 24.0 Å². The molecule has 1 saturated carbocycles. The molecule has 2 fully saturated rings. The Morgan fingerprint density at radius 2 is 1.84 bits per heavy atom. The first-order valence-electron chi connectivity index (χ1n) is 14.9. The summed E-state index contributed by atoms with van der Waals surface area (Å²) < 4.78 is 10.9. The summed E-state index contributed by atoms with van der Waals surface area (Å²) in [4.78, 5) is 60.8. The molecule has 236 valence electrons. The second kappa shape index (κ2) is 12.7. The smallest absolute Gasteiger partial charge is 0.289 e. The molecule has 0 aromatic heterocycles. The first-order chi connectivity index (χ1) is 20.2. The number of rotatable bonds is 11. The van der Waals surface area contributed by atoms with Gasteiger partial charge in [0, 0.05) is 36.4 Å². The molecular weight excluding hydrogens is 576 g/mol. The number of halogens is 1. The van der Waals surface area contributed by atoms with Crippen molar-refractivity contribution in [3.8, 4) is 11.5 Å². The van der Waals surface area contributed by atoms with E-state index in [-0.39, 0.29) is 30.3 Å². The molecular formula is C31H43ClN4O7. The molecule has 2 aliphatic heterocycles. The van der Waals surface area contributed by atoms with E-state index in [1.54, 1.807) is 17.0 Å². The Morgan fingerprint density at radius 1 is 1.16 bits per heavy atom. The Labute approximate surface area is 258 Å². The van der Waals surface area contributed by atoms with E-state index >= 15 is 0 Å². The SMILES string of the molecule is CCC[C@H](NC(=O)[C@@H]1C[C@]2(CC(c3cc(Cl)c(OC)cc3OC)=NO2)CN1C(=O)[C@@H](C)C(C)(C)C)C(=O)C(=O)NC1CC1. The Balaban J connectivity index is 1.59. The number of likely N-dealkylation sites (tertiary alicyclic amines) is 1. The maximum Gasteiger partial charge on any atom is 0.289 e. The summed E-state index contributed by atoms with van der Waals surface area (Å²) in [6.07, 6.45) is 3.02. The van der Waals surface area contributed by atoms with Gasteiger partial charge in [0.1, 0.15) is 17.5 Å². The number of hydrogen-bond donors (Lipinski definition) is 2. The van der Waals surface area contributed by atoms with Gasteiger partial charge in [0.2, 0.25) is 17.6 Å². The number of benzene rings is 1. The van der Waals surface area contributed by atoms with Crippen LogP contribution >= 0.6 is 11.6 Å². The number of oxime groups is 1. The molecule has 4 rings (SSSR count). The fraction of sp³-hybridized carbons (Fsp3) is 0.645. The van der Waals surface area contributed by atoms with E-state index in [1.807, 2.05) is 34.6 Å². The third kappa shape index (κ3) is 7.08. The van der Waals surface area contributed by atoms with Crippen LogP contribution in [0.1, 0.15) is 78.7 Å². The highest BCUT2D eigenvalue weighted by Crippen LogP contribution is 2.43. The van der Waals surface area contributed by atoms with Crippen molar-refractivity contribution in [2.75, 3.05) is 20.8 Å². The monoisotopic (exact) mass is 618 g/mol. The largest absolute Gasteiger partial charge is 0.496 e. The van der Waals surface area contributed by atoms with E-state index in [1.165, 1.54) is 14.2 Å². The van der Waals surface area contributed by atoms with E-state index < -0.39 is 41.2 Å². The van der Waals surface area contributed by atoms with Crippen LogP contribution in [-0.4, -0.2) is 78.6 Å². The van der Waals surface area contributed by atoms with Crippen LogP contribution in [0.2, 0.25) is 5.02 Å². The molecule has 43 heavy (non-hydrogen) atoms. The van der Waals surface area contributed by atoms with Crippen molar-refractivity contribution in [1.29, 1.82) is 0 Å². The normalized spacial score (nSPS) is 22.8. The van der Waals surface area contributed by atoms with Crippen molar-refractivity contribution in [3.63, 3.8) is 0 Å². The molecule has 11 nitrogen and oxygen atoms in total. The van der Waals surface area contributed by atoms with Gasteiger partial charge in [0.25, 0.3) is 5.91 Å². The number of methoxy groups -OCH3 is 2. The van der Waals surface area contributed by atoms with Crippen molar-refractivity contribution in [1.82, 2.24) is 15.5 Å². The number of nitrogens with zero attached hydrogens (tertiary/aromatic N) is 2. The first-order valence-corrected chi connectivity index (χ1v) is 15.2. The molecule has 4 atom stereocenters. The Bertz CT molecular complexity index is 1310. The first kappa shape index (κ1) is 32.6. The predicted molar refractivity (Wildman–Crippen MR) is 161 cm³/mol. The van der Waals surface area contributed by atoms with E-state index in [0.717, 1.165) is 12.8 Å². The number of ether oxygens (including phenoxy) is 2. The van der Waals surface area contributed by atoms with Gasteiger partial charge < -0.3 is 29.8 Å². The molecule has 1 saturated heterocycles. The summed E-state index contributed by atoms with van der Waals surface area (Å²) >= 11 is 6.41. The van der Waals surface area contributed by atoms with Crippen molar-refractivity contribution in [3.05, 3.63) is 22.7 Å². The topological polar surface area (TPSA) is 136 Å². The molecule has 3 aliphatic rings. The van der Waals surface area contributed by atoms with Crippen LogP contribution in [0.3, 0.4) is 0 Å². The van der Waals surface area contributed by atoms with E-state index in [0.29, 0.717) is 47.1 Å². The zero-order chi connectivity index (χ0) is 31.7. The maximum atomic E-state index is 13.9. The molecule has 12 heteroatoms. The van der Waals surface area contributed by atoms with Crippen LogP contribution in [0.5, 0.6) is 11.5 Å². The quantitative estimate of drug-likeness (QED) is 0.362. The van der Waals surface area contributed by atoms with Crippen molar-refractivity contribution < 1.29 is 33.5 Å². The number of Topliss-reactive ketones (excluding diaryl/α,β-unsaturated/α-hetero) is 1. The van der Waals surface area contributed by atoms with Crippen LogP contribution in [0.4, 0.5) is 0 Å². The molecule has 1 aromatic rings. The summed E-state index contributed by atoms with van der Waals surface area (Å²) in [6, 6.07) is 1.46. The van der Waals surface area contributed by atoms with Gasteiger partial charge in [0.15, 0.2) is 5.60 Å². The number of ketones is 1. The Hall–Kier alpha value is -3.34. The van der Waals surface area contributed by atoms with Gasteiger partial charge in [-0.05, 0) is 30.7 Å². The van der Waals surface area contributed by atoms with Crippen LogP contribution in [0, 0.1) is 11.3 Å². The van der Waals surface area contributed by atoms with Gasteiger partial charge in [0.05, 0.1) is 37.5 Å². The molecule has 1 aliphatic carbocycles. The fourth-order valence-electron chi connectivity index (χ4n) is 5.45. The zero-order valence-electron chi connectivity index (χ0n) is 26.0. The lowest BCUT2D eigenvalue weighted by Gasteiger charge is -2.33. The predicted octanol–water partition coefficient (Wildman–Crippen LogP) is 3.64. The third-order valence-electron chi connectivity index (χ3n) is 8.63. The minimum absolute atomic E-state index is 0.0176. The highest BCUT2D eigenvalue weighted by molar-refractivity contribution is 6.38. The van der Waals surface area contributed by atoms with Gasteiger partial charge in [-0.1, -0.05) is 57.8 Å². The highest BCUT2D eigenvalue weighted by atomic mass is 35.5. The maximum absolute atomic E-state index is 13.9. The van der Waals surface area contributed by atoms with E-state index in [2.05, 4.69) is 15.8 Å². The second-order valence-corrected chi connectivity index (χ2v) is 13.3. The average molecular weight is 619 g/mol. The number of nitrogens with one attached hydrogen (secondary N) is 2. The Kier molecular flexibility index (Phi) is 9.63. The van der Waals surface area contributed by atoms with Crippen LogP contribution in [0.15, 0.2) is 17.3 Å². The second-order valence-electron chi connectivity index (χ2n) is 12.9. The number of amides is 3. The highest BCUT2D eigenvalue weighted by Gasteiger charge is 2.55. The van der Waals surface area contributed by atoms with E-state index in [4.69, 9.17) is 25.9 Å². The van der Waals surface area contributed by atoms with Gasteiger partial charge in [-0.3, -0.25) is 19.2 Å². The summed E-state index contributed by atoms with van der Waals surface area (Å²) in [7, 11) is 3.04. The van der Waals surface area contributed by atoms with E-state index in [9.17, 15) is 19.2 Å². The molecule has 0 bridgehead atoms. The minimum atomic E-state index is -0.994. The lowest BCUT2D eigenvalue weighted by molar-refractivity contribution is -0.145. The van der Waals surface area contributed by atoms with Gasteiger partial charge in [-0.25, -0.2) is 0 Å². The number of carbonyl (C=O) groups excluding carboxylic acids is 4.